The van der Waals surface area contributed by atoms with Crippen LogP contribution in [-0.2, 0) is 0 Å². The molecule has 1 aliphatic heterocycles. The van der Waals surface area contributed by atoms with Crippen LogP contribution in [0.3, 0.4) is 0 Å². The van der Waals surface area contributed by atoms with Crippen LogP contribution in [-0.4, -0.2) is 11.8 Å². The van der Waals surface area contributed by atoms with Crippen molar-refractivity contribution in [3.05, 3.63) is 41.5 Å². The van der Waals surface area contributed by atoms with Crippen molar-refractivity contribution in [3.8, 4) is 0 Å². The van der Waals surface area contributed by atoms with Crippen LogP contribution in [0.5, 0.6) is 0 Å². The molecule has 0 saturated carbocycles. The maximum atomic E-state index is 4.90. The van der Waals surface area contributed by atoms with Gasteiger partial charge in [0.15, 0.2) is 0 Å². The summed E-state index contributed by atoms with van der Waals surface area (Å²) in [7, 11) is 0. The van der Waals surface area contributed by atoms with E-state index in [1.165, 1.54) is 28.8 Å². The average Bonchev–Trinajstić information content (AvgIpc) is 2.82. The van der Waals surface area contributed by atoms with Crippen molar-refractivity contribution in [2.45, 2.75) is 53.0 Å². The molecule has 0 aliphatic carbocycles. The number of rotatable bonds is 5. The summed E-state index contributed by atoms with van der Waals surface area (Å²) >= 11 is 0. The standard InChI is InChI=1S/C18H25N/c1-5-13(3)11-16-12-17(18(6-2)19-16)15-9-7-14(4)8-10-15/h7-10,12-13,18H,5-6,11H2,1-4H3. The summed E-state index contributed by atoms with van der Waals surface area (Å²) in [5, 5.41) is 0. The SMILES string of the molecule is CCC(C)CC1=NC(CC)C(c2ccc(C)cc2)=C1. The number of hydrogen-bond donors (Lipinski definition) is 0. The lowest BCUT2D eigenvalue weighted by Crippen LogP contribution is -2.03. The Hall–Kier alpha value is -1.37. The summed E-state index contributed by atoms with van der Waals surface area (Å²) in [5.74, 6) is 0.727. The second kappa shape index (κ2) is 6.18. The summed E-state index contributed by atoms with van der Waals surface area (Å²) in [6.45, 7) is 8.92. The van der Waals surface area contributed by atoms with E-state index < -0.39 is 0 Å². The van der Waals surface area contributed by atoms with Crippen LogP contribution < -0.4 is 0 Å². The normalized spacial score (nSPS) is 20.1. The summed E-state index contributed by atoms with van der Waals surface area (Å²) in [6, 6.07) is 9.20. The molecule has 2 unspecified atom stereocenters. The Labute approximate surface area is 117 Å². The van der Waals surface area contributed by atoms with E-state index in [0.717, 1.165) is 18.8 Å². The van der Waals surface area contributed by atoms with E-state index in [1.807, 2.05) is 0 Å². The van der Waals surface area contributed by atoms with Gasteiger partial charge in [-0.05, 0) is 42.9 Å². The first-order valence-corrected chi connectivity index (χ1v) is 7.49. The predicted octanol–water partition coefficient (Wildman–Crippen LogP) is 5.05. The average molecular weight is 255 g/mol. The van der Waals surface area contributed by atoms with Crippen molar-refractivity contribution in [1.29, 1.82) is 0 Å². The lowest BCUT2D eigenvalue weighted by Gasteiger charge is -2.10. The highest BCUT2D eigenvalue weighted by Crippen LogP contribution is 2.29. The molecule has 2 rings (SSSR count). The monoisotopic (exact) mass is 255 g/mol. The number of hydrogen-bond acceptors (Lipinski definition) is 1. The lowest BCUT2D eigenvalue weighted by atomic mass is 9.96. The number of aryl methyl sites for hydroxylation is 1. The van der Waals surface area contributed by atoms with Crippen LogP contribution in [0.15, 0.2) is 35.3 Å². The Balaban J connectivity index is 2.20. The molecule has 2 atom stereocenters. The zero-order chi connectivity index (χ0) is 13.8. The molecule has 0 N–H and O–H groups in total. The van der Waals surface area contributed by atoms with Crippen LogP contribution in [0.25, 0.3) is 5.57 Å². The molecule has 19 heavy (non-hydrogen) atoms. The van der Waals surface area contributed by atoms with Crippen LogP contribution in [0.2, 0.25) is 0 Å². The van der Waals surface area contributed by atoms with E-state index in [2.05, 4.69) is 58.0 Å². The van der Waals surface area contributed by atoms with Crippen LogP contribution in [0, 0.1) is 12.8 Å². The number of benzene rings is 1. The van der Waals surface area contributed by atoms with E-state index in [0.29, 0.717) is 6.04 Å². The highest BCUT2D eigenvalue weighted by Gasteiger charge is 2.20. The van der Waals surface area contributed by atoms with Crippen LogP contribution >= 0.6 is 0 Å². The van der Waals surface area contributed by atoms with Gasteiger partial charge in [-0.1, -0.05) is 57.0 Å². The van der Waals surface area contributed by atoms with E-state index in [9.17, 15) is 0 Å². The minimum absolute atomic E-state index is 0.363. The first-order chi connectivity index (χ1) is 9.13. The maximum Gasteiger partial charge on any atom is 0.0756 e. The van der Waals surface area contributed by atoms with E-state index in [4.69, 9.17) is 4.99 Å². The second-order valence-corrected chi connectivity index (χ2v) is 5.73. The molecule has 1 aliphatic rings. The van der Waals surface area contributed by atoms with Gasteiger partial charge in [-0.2, -0.15) is 0 Å². The van der Waals surface area contributed by atoms with Gasteiger partial charge in [-0.3, -0.25) is 4.99 Å². The topological polar surface area (TPSA) is 12.4 Å². The fraction of sp³-hybridized carbons (Fsp3) is 0.500. The van der Waals surface area contributed by atoms with Crippen molar-refractivity contribution < 1.29 is 0 Å². The molecule has 1 heteroatoms. The van der Waals surface area contributed by atoms with Gasteiger partial charge >= 0.3 is 0 Å². The third-order valence-electron chi connectivity index (χ3n) is 4.03. The van der Waals surface area contributed by atoms with Crippen molar-refractivity contribution in [2.24, 2.45) is 10.9 Å². The Morgan fingerprint density at radius 1 is 1.16 bits per heavy atom. The second-order valence-electron chi connectivity index (χ2n) is 5.73. The van der Waals surface area contributed by atoms with E-state index in [1.54, 1.807) is 0 Å². The van der Waals surface area contributed by atoms with Crippen molar-refractivity contribution in [3.63, 3.8) is 0 Å². The fourth-order valence-electron chi connectivity index (χ4n) is 2.53. The van der Waals surface area contributed by atoms with Gasteiger partial charge < -0.3 is 0 Å². The molecular weight excluding hydrogens is 230 g/mol. The molecule has 1 aromatic rings. The fourth-order valence-corrected chi connectivity index (χ4v) is 2.53. The van der Waals surface area contributed by atoms with Crippen molar-refractivity contribution in [1.82, 2.24) is 0 Å². The molecule has 1 nitrogen and oxygen atoms in total. The largest absolute Gasteiger partial charge is 0.282 e. The first-order valence-electron chi connectivity index (χ1n) is 7.49. The quantitative estimate of drug-likeness (QED) is 0.698. The van der Waals surface area contributed by atoms with Crippen LogP contribution in [0.4, 0.5) is 0 Å². The van der Waals surface area contributed by atoms with Gasteiger partial charge in [0.05, 0.1) is 6.04 Å². The molecule has 1 aromatic carbocycles. The third-order valence-corrected chi connectivity index (χ3v) is 4.03. The smallest absolute Gasteiger partial charge is 0.0756 e. The van der Waals surface area contributed by atoms with Crippen molar-refractivity contribution >= 4 is 11.3 Å². The predicted molar refractivity (Wildman–Crippen MR) is 84.7 cm³/mol. The third kappa shape index (κ3) is 3.34. The summed E-state index contributed by atoms with van der Waals surface area (Å²) < 4.78 is 0. The molecule has 0 bridgehead atoms. The summed E-state index contributed by atoms with van der Waals surface area (Å²) in [4.78, 5) is 4.90. The highest BCUT2D eigenvalue weighted by molar-refractivity contribution is 6.05. The molecule has 0 radical (unpaired) electrons. The minimum Gasteiger partial charge on any atom is -0.282 e. The Morgan fingerprint density at radius 3 is 2.42 bits per heavy atom. The molecule has 1 heterocycles. The van der Waals surface area contributed by atoms with Gasteiger partial charge in [-0.15, -0.1) is 0 Å². The molecule has 0 fully saturated rings. The minimum atomic E-state index is 0.363. The molecule has 102 valence electrons. The number of aliphatic imine (C=N–C) groups is 1. The van der Waals surface area contributed by atoms with Gasteiger partial charge in [0.1, 0.15) is 0 Å². The van der Waals surface area contributed by atoms with Gasteiger partial charge in [-0.25, -0.2) is 0 Å². The molecule has 0 amide bonds. The lowest BCUT2D eigenvalue weighted by molar-refractivity contribution is 0.587. The molecule has 0 spiro atoms. The zero-order valence-electron chi connectivity index (χ0n) is 12.6. The summed E-state index contributed by atoms with van der Waals surface area (Å²) in [5.41, 5.74) is 5.34. The number of allylic oxidation sites excluding steroid dienone is 1. The zero-order valence-corrected chi connectivity index (χ0v) is 12.6. The van der Waals surface area contributed by atoms with Gasteiger partial charge in [0.2, 0.25) is 0 Å². The Morgan fingerprint density at radius 2 is 1.84 bits per heavy atom. The van der Waals surface area contributed by atoms with Gasteiger partial charge in [0.25, 0.3) is 0 Å². The van der Waals surface area contributed by atoms with Crippen molar-refractivity contribution in [2.75, 3.05) is 0 Å². The van der Waals surface area contributed by atoms with Gasteiger partial charge in [0, 0.05) is 5.71 Å². The summed E-state index contributed by atoms with van der Waals surface area (Å²) in [6.07, 6.45) is 5.75. The van der Waals surface area contributed by atoms with Crippen LogP contribution in [0.1, 0.15) is 51.2 Å². The number of nitrogens with zero attached hydrogens (tertiary/aromatic N) is 1. The molecule has 0 aromatic heterocycles. The first kappa shape index (κ1) is 14.0. The van der Waals surface area contributed by atoms with E-state index >= 15 is 0 Å². The Kier molecular flexibility index (Phi) is 4.57. The van der Waals surface area contributed by atoms with E-state index in [-0.39, 0.29) is 0 Å². The maximum absolute atomic E-state index is 4.90. The highest BCUT2D eigenvalue weighted by atomic mass is 14.8. The molecular formula is C18H25N. The molecule has 0 saturated heterocycles. The Bertz CT molecular complexity index is 479.